The van der Waals surface area contributed by atoms with Crippen LogP contribution in [0.3, 0.4) is 0 Å². The second-order valence-corrected chi connectivity index (χ2v) is 5.23. The number of aromatic nitrogens is 1. The topological polar surface area (TPSA) is 30.0 Å². The molecule has 2 rings (SSSR count). The minimum atomic E-state index is -4.58. The highest BCUT2D eigenvalue weighted by Gasteiger charge is 2.33. The molecule has 0 amide bonds. The first-order chi connectivity index (χ1) is 9.41. The molecular formula is C13H7ClF3NOS. The maximum absolute atomic E-state index is 12.8. The van der Waals surface area contributed by atoms with Crippen molar-refractivity contribution < 1.29 is 18.0 Å². The lowest BCUT2D eigenvalue weighted by Gasteiger charge is -2.11. The maximum atomic E-state index is 12.8. The van der Waals surface area contributed by atoms with Crippen molar-refractivity contribution in [3.05, 3.63) is 52.7 Å². The molecule has 0 aliphatic rings. The van der Waals surface area contributed by atoms with Gasteiger partial charge in [0.2, 0.25) is 0 Å². The largest absolute Gasteiger partial charge is 0.417 e. The third-order valence-electron chi connectivity index (χ3n) is 2.40. The SMILES string of the molecule is O=Cc1ccc(Sc2ncccc2Cl)cc1C(F)(F)F. The fourth-order valence-corrected chi connectivity index (χ4v) is 2.56. The van der Waals surface area contributed by atoms with Crippen molar-refractivity contribution in [2.45, 2.75) is 16.1 Å². The fraction of sp³-hybridized carbons (Fsp3) is 0.0769. The van der Waals surface area contributed by atoms with E-state index in [1.54, 1.807) is 12.1 Å². The zero-order valence-corrected chi connectivity index (χ0v) is 11.4. The van der Waals surface area contributed by atoms with Gasteiger partial charge >= 0.3 is 6.18 Å². The smallest absolute Gasteiger partial charge is 0.298 e. The molecule has 2 nitrogen and oxygen atoms in total. The lowest BCUT2D eigenvalue weighted by molar-refractivity contribution is -0.138. The number of hydrogen-bond donors (Lipinski definition) is 0. The third kappa shape index (κ3) is 3.32. The number of carbonyl (C=O) groups excluding carboxylic acids is 1. The quantitative estimate of drug-likeness (QED) is 0.767. The summed E-state index contributed by atoms with van der Waals surface area (Å²) in [5, 5.41) is 0.756. The fourth-order valence-electron chi connectivity index (χ4n) is 1.51. The molecule has 1 aromatic heterocycles. The molecule has 0 N–H and O–H groups in total. The Kier molecular flexibility index (Phi) is 4.35. The molecular weight excluding hydrogens is 311 g/mol. The first-order valence-electron chi connectivity index (χ1n) is 5.36. The van der Waals surface area contributed by atoms with Crippen molar-refractivity contribution in [3.63, 3.8) is 0 Å². The Hall–Kier alpha value is -1.53. The number of hydrogen-bond acceptors (Lipinski definition) is 3. The highest BCUT2D eigenvalue weighted by molar-refractivity contribution is 7.99. The van der Waals surface area contributed by atoms with Crippen molar-refractivity contribution >= 4 is 29.6 Å². The number of carbonyl (C=O) groups is 1. The minimum absolute atomic E-state index is 0.186. The molecule has 0 aliphatic carbocycles. The van der Waals surface area contributed by atoms with Crippen LogP contribution in [-0.4, -0.2) is 11.3 Å². The molecule has 7 heteroatoms. The van der Waals surface area contributed by atoms with Crippen LogP contribution in [0.1, 0.15) is 15.9 Å². The van der Waals surface area contributed by atoms with Crippen LogP contribution in [0, 0.1) is 0 Å². The van der Waals surface area contributed by atoms with Crippen LogP contribution in [-0.2, 0) is 6.18 Å². The van der Waals surface area contributed by atoms with E-state index >= 15 is 0 Å². The van der Waals surface area contributed by atoms with Gasteiger partial charge in [-0.15, -0.1) is 0 Å². The van der Waals surface area contributed by atoms with Gasteiger partial charge in [-0.2, -0.15) is 13.2 Å². The lowest BCUT2D eigenvalue weighted by Crippen LogP contribution is -2.08. The highest BCUT2D eigenvalue weighted by Crippen LogP contribution is 2.37. The Labute approximate surface area is 122 Å². The number of benzene rings is 1. The van der Waals surface area contributed by atoms with E-state index in [0.29, 0.717) is 14.9 Å². The summed E-state index contributed by atoms with van der Waals surface area (Å²) >= 11 is 6.91. The van der Waals surface area contributed by atoms with Crippen LogP contribution < -0.4 is 0 Å². The Morgan fingerprint density at radius 3 is 2.60 bits per heavy atom. The van der Waals surface area contributed by atoms with E-state index in [-0.39, 0.29) is 6.29 Å². The molecule has 0 bridgehead atoms. The van der Waals surface area contributed by atoms with Crippen LogP contribution >= 0.6 is 23.4 Å². The van der Waals surface area contributed by atoms with Gasteiger partial charge in [0.05, 0.1) is 10.6 Å². The van der Waals surface area contributed by atoms with Crippen LogP contribution in [0.2, 0.25) is 5.02 Å². The summed E-state index contributed by atoms with van der Waals surface area (Å²) in [6.45, 7) is 0. The Balaban J connectivity index is 2.40. The van der Waals surface area contributed by atoms with E-state index in [1.165, 1.54) is 12.3 Å². The minimum Gasteiger partial charge on any atom is -0.298 e. The Bertz CT molecular complexity index is 646. The standard InChI is InChI=1S/C13H7ClF3NOS/c14-11-2-1-5-18-12(11)20-9-4-3-8(7-19)10(6-9)13(15,16)17/h1-7H. The van der Waals surface area contributed by atoms with Gasteiger partial charge in [-0.05, 0) is 30.3 Å². The Morgan fingerprint density at radius 2 is 2.00 bits per heavy atom. The molecule has 0 saturated heterocycles. The second-order valence-electron chi connectivity index (χ2n) is 3.76. The molecule has 0 fully saturated rings. The van der Waals surface area contributed by atoms with Crippen molar-refractivity contribution in [2.24, 2.45) is 0 Å². The zero-order chi connectivity index (χ0) is 14.8. The molecule has 0 unspecified atom stereocenters. The summed E-state index contributed by atoms with van der Waals surface area (Å²) in [5.41, 5.74) is -1.36. The van der Waals surface area contributed by atoms with Gasteiger partial charge in [0.1, 0.15) is 5.03 Å². The number of halogens is 4. The summed E-state index contributed by atoms with van der Waals surface area (Å²) < 4.78 is 38.5. The zero-order valence-electron chi connectivity index (χ0n) is 9.82. The molecule has 1 heterocycles. The maximum Gasteiger partial charge on any atom is 0.417 e. The number of pyridine rings is 1. The summed E-state index contributed by atoms with van der Waals surface area (Å²) in [4.78, 5) is 15.0. The normalized spacial score (nSPS) is 11.4. The number of rotatable bonds is 3. The van der Waals surface area contributed by atoms with Crippen molar-refractivity contribution in [2.75, 3.05) is 0 Å². The molecule has 20 heavy (non-hydrogen) atoms. The first kappa shape index (κ1) is 14.9. The van der Waals surface area contributed by atoms with Gasteiger partial charge in [-0.3, -0.25) is 4.79 Å². The van der Waals surface area contributed by atoms with Gasteiger partial charge in [0.25, 0.3) is 0 Å². The average Bonchev–Trinajstić information content (AvgIpc) is 2.40. The van der Waals surface area contributed by atoms with E-state index in [1.807, 2.05) is 0 Å². The summed E-state index contributed by atoms with van der Waals surface area (Å²) in [7, 11) is 0. The second kappa shape index (κ2) is 5.85. The van der Waals surface area contributed by atoms with Crippen LogP contribution in [0.5, 0.6) is 0 Å². The van der Waals surface area contributed by atoms with E-state index < -0.39 is 17.3 Å². The molecule has 0 atom stereocenters. The van der Waals surface area contributed by atoms with Gasteiger partial charge in [-0.25, -0.2) is 4.98 Å². The molecule has 1 aromatic carbocycles. The van der Waals surface area contributed by atoms with Crippen LogP contribution in [0.25, 0.3) is 0 Å². The molecule has 0 saturated carbocycles. The van der Waals surface area contributed by atoms with Crippen molar-refractivity contribution in [1.82, 2.24) is 4.98 Å². The Morgan fingerprint density at radius 1 is 1.25 bits per heavy atom. The monoisotopic (exact) mass is 317 g/mol. The average molecular weight is 318 g/mol. The molecule has 2 aromatic rings. The van der Waals surface area contributed by atoms with Crippen molar-refractivity contribution in [1.29, 1.82) is 0 Å². The first-order valence-corrected chi connectivity index (χ1v) is 6.56. The predicted molar refractivity (Wildman–Crippen MR) is 70.2 cm³/mol. The number of alkyl halides is 3. The summed E-state index contributed by atoms with van der Waals surface area (Å²) in [6, 6.07) is 6.70. The number of nitrogens with zero attached hydrogens (tertiary/aromatic N) is 1. The molecule has 0 aliphatic heterocycles. The third-order valence-corrected chi connectivity index (χ3v) is 3.82. The van der Waals surface area contributed by atoms with E-state index in [2.05, 4.69) is 4.98 Å². The summed E-state index contributed by atoms with van der Waals surface area (Å²) in [5.74, 6) is 0. The summed E-state index contributed by atoms with van der Waals surface area (Å²) in [6.07, 6.45) is -2.90. The molecule has 104 valence electrons. The van der Waals surface area contributed by atoms with Gasteiger partial charge < -0.3 is 0 Å². The predicted octanol–water partition coefficient (Wildman–Crippen LogP) is 4.72. The van der Waals surface area contributed by atoms with E-state index in [9.17, 15) is 18.0 Å². The highest BCUT2D eigenvalue weighted by atomic mass is 35.5. The van der Waals surface area contributed by atoms with Crippen molar-refractivity contribution in [3.8, 4) is 0 Å². The number of aldehydes is 1. The lowest BCUT2D eigenvalue weighted by atomic mass is 10.1. The van der Waals surface area contributed by atoms with Gasteiger partial charge in [0, 0.05) is 16.7 Å². The van der Waals surface area contributed by atoms with Gasteiger partial charge in [-0.1, -0.05) is 23.4 Å². The van der Waals surface area contributed by atoms with Gasteiger partial charge in [0.15, 0.2) is 6.29 Å². The van der Waals surface area contributed by atoms with Crippen LogP contribution in [0.4, 0.5) is 13.2 Å². The molecule has 0 radical (unpaired) electrons. The molecule has 0 spiro atoms. The van der Waals surface area contributed by atoms with E-state index in [4.69, 9.17) is 11.6 Å². The van der Waals surface area contributed by atoms with Crippen LogP contribution in [0.15, 0.2) is 46.5 Å². The van der Waals surface area contributed by atoms with E-state index in [0.717, 1.165) is 23.9 Å².